The van der Waals surface area contributed by atoms with E-state index in [9.17, 15) is 0 Å². The Morgan fingerprint density at radius 3 is 2.88 bits per heavy atom. The molecule has 1 atom stereocenters. The summed E-state index contributed by atoms with van der Waals surface area (Å²) in [5, 5.41) is 4.28. The SMILES string of the molecule is CCC(NCc1ccoc1)c1cccc(Cl)c1. The molecular weight excluding hydrogens is 234 g/mol. The molecule has 0 aliphatic rings. The van der Waals surface area contributed by atoms with Gasteiger partial charge in [0.15, 0.2) is 0 Å². The third-order valence-corrected chi connectivity index (χ3v) is 3.03. The van der Waals surface area contributed by atoms with Crippen LogP contribution in [0, 0.1) is 0 Å². The van der Waals surface area contributed by atoms with Crippen molar-refractivity contribution in [2.24, 2.45) is 0 Å². The molecule has 0 amide bonds. The summed E-state index contributed by atoms with van der Waals surface area (Å²) in [6.45, 7) is 2.97. The zero-order chi connectivity index (χ0) is 12.1. The molecule has 1 aromatic carbocycles. The smallest absolute Gasteiger partial charge is 0.0947 e. The summed E-state index contributed by atoms with van der Waals surface area (Å²) >= 11 is 6.00. The lowest BCUT2D eigenvalue weighted by atomic mass is 10.0. The van der Waals surface area contributed by atoms with E-state index in [0.29, 0.717) is 6.04 Å². The average molecular weight is 250 g/mol. The van der Waals surface area contributed by atoms with Crippen LogP contribution in [-0.2, 0) is 6.54 Å². The lowest BCUT2D eigenvalue weighted by Gasteiger charge is -2.17. The van der Waals surface area contributed by atoms with Crippen molar-refractivity contribution in [1.29, 1.82) is 0 Å². The molecule has 2 rings (SSSR count). The summed E-state index contributed by atoms with van der Waals surface area (Å²) in [5.41, 5.74) is 2.38. The molecule has 1 unspecified atom stereocenters. The van der Waals surface area contributed by atoms with Gasteiger partial charge in [0, 0.05) is 23.2 Å². The molecule has 0 spiro atoms. The molecule has 0 radical (unpaired) electrons. The van der Waals surface area contributed by atoms with Gasteiger partial charge in [-0.3, -0.25) is 0 Å². The molecule has 0 aliphatic heterocycles. The van der Waals surface area contributed by atoms with Crippen LogP contribution in [0.15, 0.2) is 47.3 Å². The van der Waals surface area contributed by atoms with E-state index in [4.69, 9.17) is 16.0 Å². The zero-order valence-corrected chi connectivity index (χ0v) is 10.6. The van der Waals surface area contributed by atoms with Crippen LogP contribution in [0.3, 0.4) is 0 Å². The fraction of sp³-hybridized carbons (Fsp3) is 0.286. The fourth-order valence-corrected chi connectivity index (χ4v) is 2.05. The monoisotopic (exact) mass is 249 g/mol. The van der Waals surface area contributed by atoms with E-state index < -0.39 is 0 Å². The minimum atomic E-state index is 0.323. The van der Waals surface area contributed by atoms with E-state index in [2.05, 4.69) is 18.3 Å². The molecule has 1 heterocycles. The van der Waals surface area contributed by atoms with Crippen LogP contribution in [-0.4, -0.2) is 0 Å². The first-order chi connectivity index (χ1) is 8.29. The first kappa shape index (κ1) is 12.2. The highest BCUT2D eigenvalue weighted by Gasteiger charge is 2.09. The van der Waals surface area contributed by atoms with Crippen LogP contribution in [0.4, 0.5) is 0 Å². The van der Waals surface area contributed by atoms with Gasteiger partial charge in [-0.1, -0.05) is 30.7 Å². The van der Waals surface area contributed by atoms with E-state index in [1.54, 1.807) is 12.5 Å². The van der Waals surface area contributed by atoms with Crippen molar-refractivity contribution in [2.75, 3.05) is 0 Å². The number of hydrogen-bond acceptors (Lipinski definition) is 2. The lowest BCUT2D eigenvalue weighted by molar-refractivity contribution is 0.512. The summed E-state index contributed by atoms with van der Waals surface area (Å²) in [6, 6.07) is 10.3. The van der Waals surface area contributed by atoms with Gasteiger partial charge >= 0.3 is 0 Å². The van der Waals surface area contributed by atoms with Gasteiger partial charge in [-0.25, -0.2) is 0 Å². The van der Waals surface area contributed by atoms with Crippen LogP contribution < -0.4 is 5.32 Å². The molecule has 3 heteroatoms. The fourth-order valence-electron chi connectivity index (χ4n) is 1.86. The van der Waals surface area contributed by atoms with Crippen molar-refractivity contribution in [2.45, 2.75) is 25.9 Å². The molecule has 2 aromatic rings. The summed E-state index contributed by atoms with van der Waals surface area (Å²) < 4.78 is 5.04. The molecule has 0 fully saturated rings. The van der Waals surface area contributed by atoms with Crippen LogP contribution in [0.5, 0.6) is 0 Å². The highest BCUT2D eigenvalue weighted by atomic mass is 35.5. The van der Waals surface area contributed by atoms with Crippen molar-refractivity contribution < 1.29 is 4.42 Å². The molecule has 0 saturated carbocycles. The first-order valence-electron chi connectivity index (χ1n) is 5.79. The van der Waals surface area contributed by atoms with E-state index >= 15 is 0 Å². The van der Waals surface area contributed by atoms with Crippen molar-refractivity contribution in [3.05, 3.63) is 59.0 Å². The Morgan fingerprint density at radius 1 is 1.35 bits per heavy atom. The summed E-state index contributed by atoms with van der Waals surface area (Å²) in [4.78, 5) is 0. The highest BCUT2D eigenvalue weighted by molar-refractivity contribution is 6.30. The Balaban J connectivity index is 2.01. The van der Waals surface area contributed by atoms with Gasteiger partial charge in [-0.2, -0.15) is 0 Å². The van der Waals surface area contributed by atoms with Crippen molar-refractivity contribution in [3.63, 3.8) is 0 Å². The van der Waals surface area contributed by atoms with E-state index in [0.717, 1.165) is 23.6 Å². The number of rotatable bonds is 5. The van der Waals surface area contributed by atoms with Gasteiger partial charge < -0.3 is 9.73 Å². The van der Waals surface area contributed by atoms with Gasteiger partial charge in [0.05, 0.1) is 12.5 Å². The quantitative estimate of drug-likeness (QED) is 0.860. The van der Waals surface area contributed by atoms with E-state index in [-0.39, 0.29) is 0 Å². The second-order valence-electron chi connectivity index (χ2n) is 4.03. The number of nitrogens with one attached hydrogen (secondary N) is 1. The Hall–Kier alpha value is -1.25. The summed E-state index contributed by atoms with van der Waals surface area (Å²) in [7, 11) is 0. The van der Waals surface area contributed by atoms with Crippen LogP contribution in [0.1, 0.15) is 30.5 Å². The number of furan rings is 1. The van der Waals surface area contributed by atoms with Crippen molar-refractivity contribution >= 4 is 11.6 Å². The largest absolute Gasteiger partial charge is 0.472 e. The van der Waals surface area contributed by atoms with Gasteiger partial charge in [-0.05, 0) is 30.2 Å². The maximum Gasteiger partial charge on any atom is 0.0947 e. The van der Waals surface area contributed by atoms with Crippen LogP contribution in [0.2, 0.25) is 5.02 Å². The van der Waals surface area contributed by atoms with E-state index in [1.165, 1.54) is 5.56 Å². The number of halogens is 1. The Kier molecular flexibility index (Phi) is 4.24. The Morgan fingerprint density at radius 2 is 2.24 bits per heavy atom. The molecule has 2 nitrogen and oxygen atoms in total. The predicted molar refractivity (Wildman–Crippen MR) is 70.0 cm³/mol. The lowest BCUT2D eigenvalue weighted by Crippen LogP contribution is -2.19. The van der Waals surface area contributed by atoms with Gasteiger partial charge in [-0.15, -0.1) is 0 Å². The van der Waals surface area contributed by atoms with E-state index in [1.807, 2.05) is 24.3 Å². The Bertz CT molecular complexity index is 453. The minimum Gasteiger partial charge on any atom is -0.472 e. The minimum absolute atomic E-state index is 0.323. The number of hydrogen-bond donors (Lipinski definition) is 1. The van der Waals surface area contributed by atoms with Gasteiger partial charge in [0.25, 0.3) is 0 Å². The maximum absolute atomic E-state index is 6.00. The third-order valence-electron chi connectivity index (χ3n) is 2.79. The van der Waals surface area contributed by atoms with Crippen LogP contribution >= 0.6 is 11.6 Å². The molecule has 0 saturated heterocycles. The molecule has 1 N–H and O–H groups in total. The predicted octanol–water partition coefficient (Wildman–Crippen LogP) is 4.17. The van der Waals surface area contributed by atoms with Crippen molar-refractivity contribution in [3.8, 4) is 0 Å². The van der Waals surface area contributed by atoms with Crippen molar-refractivity contribution in [1.82, 2.24) is 5.32 Å². The van der Waals surface area contributed by atoms with Gasteiger partial charge in [0.1, 0.15) is 0 Å². The first-order valence-corrected chi connectivity index (χ1v) is 6.17. The summed E-state index contributed by atoms with van der Waals surface area (Å²) in [6.07, 6.45) is 4.48. The van der Waals surface area contributed by atoms with Crippen LogP contribution in [0.25, 0.3) is 0 Å². The zero-order valence-electron chi connectivity index (χ0n) is 9.82. The van der Waals surface area contributed by atoms with Gasteiger partial charge in [0.2, 0.25) is 0 Å². The molecule has 90 valence electrons. The standard InChI is InChI=1S/C14H16ClNO/c1-2-14(12-4-3-5-13(15)8-12)16-9-11-6-7-17-10-11/h3-8,10,14,16H,2,9H2,1H3. The number of benzene rings is 1. The molecule has 0 bridgehead atoms. The molecule has 17 heavy (non-hydrogen) atoms. The second kappa shape index (κ2) is 5.89. The topological polar surface area (TPSA) is 25.2 Å². The molecule has 0 aliphatic carbocycles. The normalized spacial score (nSPS) is 12.6. The second-order valence-corrected chi connectivity index (χ2v) is 4.46. The Labute approximate surface area is 107 Å². The molecular formula is C14H16ClNO. The maximum atomic E-state index is 6.00. The molecule has 1 aromatic heterocycles. The summed E-state index contributed by atoms with van der Waals surface area (Å²) in [5.74, 6) is 0. The third kappa shape index (κ3) is 3.35. The highest BCUT2D eigenvalue weighted by Crippen LogP contribution is 2.20. The average Bonchev–Trinajstić information content (AvgIpc) is 2.83.